The summed E-state index contributed by atoms with van der Waals surface area (Å²) in [6.07, 6.45) is 5.14. The number of hydrogen-bond acceptors (Lipinski definition) is 1. The molecule has 1 aromatic carbocycles. The molecule has 0 radical (unpaired) electrons. The molecule has 0 aliphatic heterocycles. The van der Waals surface area contributed by atoms with Crippen molar-refractivity contribution in [2.24, 2.45) is 0 Å². The fraction of sp³-hybridized carbons (Fsp3) is 0.375. The highest BCUT2D eigenvalue weighted by atomic mass is 14.9. The molecule has 0 bridgehead atoms. The normalized spacial score (nSPS) is 11.3. The quantitative estimate of drug-likeness (QED) is 0.764. The van der Waals surface area contributed by atoms with Crippen LogP contribution in [0.4, 0.5) is 0 Å². The lowest BCUT2D eigenvalue weighted by Gasteiger charge is -2.09. The molecule has 2 nitrogen and oxygen atoms in total. The van der Waals surface area contributed by atoms with Crippen LogP contribution in [-0.2, 0) is 13.1 Å². The summed E-state index contributed by atoms with van der Waals surface area (Å²) in [5, 5.41) is 4.77. The predicted molar refractivity (Wildman–Crippen MR) is 78.7 cm³/mol. The molecule has 1 N–H and O–H groups in total. The molecule has 96 valence electrons. The molecule has 0 aliphatic carbocycles. The molecule has 2 aromatic rings. The van der Waals surface area contributed by atoms with E-state index in [2.05, 4.69) is 60.8 Å². The Hall–Kier alpha value is -1.54. The topological polar surface area (TPSA) is 17.0 Å². The summed E-state index contributed by atoms with van der Waals surface area (Å²) in [6, 6.07) is 9.42. The highest BCUT2D eigenvalue weighted by molar-refractivity contribution is 5.80. The summed E-state index contributed by atoms with van der Waals surface area (Å²) in [5.74, 6) is 0. The van der Waals surface area contributed by atoms with Crippen LogP contribution in [0, 0.1) is 0 Å². The van der Waals surface area contributed by atoms with E-state index in [1.807, 2.05) is 6.08 Å². The maximum atomic E-state index is 3.77. The molecule has 2 heteroatoms. The summed E-state index contributed by atoms with van der Waals surface area (Å²) in [5.41, 5.74) is 2.66. The van der Waals surface area contributed by atoms with Crippen LogP contribution in [-0.4, -0.2) is 10.6 Å². The molecule has 18 heavy (non-hydrogen) atoms. The van der Waals surface area contributed by atoms with E-state index in [0.29, 0.717) is 6.04 Å². The first-order valence-corrected chi connectivity index (χ1v) is 6.63. The van der Waals surface area contributed by atoms with Crippen LogP contribution in [0.15, 0.2) is 43.1 Å². The van der Waals surface area contributed by atoms with Gasteiger partial charge in [-0.1, -0.05) is 26.0 Å². The Kier molecular flexibility index (Phi) is 4.21. The maximum absolute atomic E-state index is 3.77. The lowest BCUT2D eigenvalue weighted by molar-refractivity contribution is 0.589. The third-order valence-corrected chi connectivity index (χ3v) is 3.12. The van der Waals surface area contributed by atoms with Crippen molar-refractivity contribution in [2.45, 2.75) is 39.4 Å². The first kappa shape index (κ1) is 12.9. The Morgan fingerprint density at radius 2 is 2.17 bits per heavy atom. The van der Waals surface area contributed by atoms with E-state index < -0.39 is 0 Å². The summed E-state index contributed by atoms with van der Waals surface area (Å²) < 4.78 is 2.29. The van der Waals surface area contributed by atoms with E-state index in [0.717, 1.165) is 19.5 Å². The number of nitrogens with zero attached hydrogens (tertiary/aromatic N) is 1. The van der Waals surface area contributed by atoms with E-state index in [1.165, 1.54) is 16.5 Å². The molecule has 0 unspecified atom stereocenters. The number of nitrogens with one attached hydrogen (secondary N) is 1. The summed E-state index contributed by atoms with van der Waals surface area (Å²) in [4.78, 5) is 0. The van der Waals surface area contributed by atoms with Gasteiger partial charge in [-0.15, -0.1) is 6.58 Å². The van der Waals surface area contributed by atoms with Crippen molar-refractivity contribution in [1.29, 1.82) is 0 Å². The molecule has 0 spiro atoms. The van der Waals surface area contributed by atoms with Crippen molar-refractivity contribution in [3.05, 3.63) is 48.7 Å². The predicted octanol–water partition coefficient (Wildman–Crippen LogP) is 3.72. The van der Waals surface area contributed by atoms with Gasteiger partial charge in [-0.25, -0.2) is 0 Å². The minimum absolute atomic E-state index is 0.526. The fourth-order valence-electron chi connectivity index (χ4n) is 2.11. The van der Waals surface area contributed by atoms with Crippen LogP contribution >= 0.6 is 0 Å². The van der Waals surface area contributed by atoms with Gasteiger partial charge in [0.15, 0.2) is 0 Å². The second-order valence-corrected chi connectivity index (χ2v) is 5.02. The summed E-state index contributed by atoms with van der Waals surface area (Å²) in [6.45, 7) is 10.1. The molecule has 0 amide bonds. The van der Waals surface area contributed by atoms with Crippen LogP contribution in [0.5, 0.6) is 0 Å². The Morgan fingerprint density at radius 1 is 1.33 bits per heavy atom. The average Bonchev–Trinajstić information content (AvgIpc) is 2.76. The lowest BCUT2D eigenvalue weighted by atomic mass is 10.1. The molecule has 0 atom stereocenters. The highest BCUT2D eigenvalue weighted by Crippen LogP contribution is 2.18. The first-order chi connectivity index (χ1) is 8.70. The number of hydrogen-bond donors (Lipinski definition) is 1. The van der Waals surface area contributed by atoms with Crippen molar-refractivity contribution >= 4 is 10.9 Å². The van der Waals surface area contributed by atoms with Gasteiger partial charge in [-0.2, -0.15) is 0 Å². The van der Waals surface area contributed by atoms with Crippen LogP contribution in [0.25, 0.3) is 10.9 Å². The van der Waals surface area contributed by atoms with E-state index in [9.17, 15) is 0 Å². The molecular weight excluding hydrogens is 220 g/mol. The lowest BCUT2D eigenvalue weighted by Crippen LogP contribution is -2.21. The fourth-order valence-corrected chi connectivity index (χ4v) is 2.11. The van der Waals surface area contributed by atoms with E-state index >= 15 is 0 Å². The van der Waals surface area contributed by atoms with Crippen LogP contribution < -0.4 is 5.32 Å². The van der Waals surface area contributed by atoms with Gasteiger partial charge in [-0.05, 0) is 35.6 Å². The smallest absolute Gasteiger partial charge is 0.0480 e. The monoisotopic (exact) mass is 242 g/mol. The Bertz CT molecular complexity index is 523. The van der Waals surface area contributed by atoms with Gasteiger partial charge in [0.05, 0.1) is 0 Å². The third kappa shape index (κ3) is 3.02. The zero-order chi connectivity index (χ0) is 13.0. The molecular formula is C16H22N2. The Labute approximate surface area is 109 Å². The molecule has 0 saturated carbocycles. The second kappa shape index (κ2) is 5.87. The van der Waals surface area contributed by atoms with Crippen molar-refractivity contribution in [1.82, 2.24) is 9.88 Å². The molecule has 1 heterocycles. The second-order valence-electron chi connectivity index (χ2n) is 5.02. The standard InChI is InChI=1S/C16H22N2/c1-4-5-9-18-10-8-15-11-14(6-7-16(15)18)12-17-13(2)3/h4,6-8,10-11,13,17H,1,5,9,12H2,2-3H3. The van der Waals surface area contributed by atoms with E-state index in [4.69, 9.17) is 0 Å². The SMILES string of the molecule is C=CCCn1ccc2cc(CNC(C)C)ccc21. The number of benzene rings is 1. The van der Waals surface area contributed by atoms with Gasteiger partial charge >= 0.3 is 0 Å². The minimum Gasteiger partial charge on any atom is -0.347 e. The van der Waals surface area contributed by atoms with Crippen molar-refractivity contribution in [2.75, 3.05) is 0 Å². The average molecular weight is 242 g/mol. The largest absolute Gasteiger partial charge is 0.347 e. The van der Waals surface area contributed by atoms with Crippen molar-refractivity contribution in [3.63, 3.8) is 0 Å². The zero-order valence-electron chi connectivity index (χ0n) is 11.3. The van der Waals surface area contributed by atoms with E-state index in [-0.39, 0.29) is 0 Å². The highest BCUT2D eigenvalue weighted by Gasteiger charge is 2.02. The van der Waals surface area contributed by atoms with Crippen molar-refractivity contribution < 1.29 is 0 Å². The van der Waals surface area contributed by atoms with Crippen LogP contribution in [0.2, 0.25) is 0 Å². The van der Waals surface area contributed by atoms with Gasteiger partial charge in [-0.3, -0.25) is 0 Å². The van der Waals surface area contributed by atoms with Gasteiger partial charge in [0.25, 0.3) is 0 Å². The number of fused-ring (bicyclic) bond motifs is 1. The molecule has 0 fully saturated rings. The number of rotatable bonds is 6. The third-order valence-electron chi connectivity index (χ3n) is 3.12. The van der Waals surface area contributed by atoms with Gasteiger partial charge in [0.1, 0.15) is 0 Å². The van der Waals surface area contributed by atoms with Gasteiger partial charge in [0, 0.05) is 30.8 Å². The van der Waals surface area contributed by atoms with Crippen molar-refractivity contribution in [3.8, 4) is 0 Å². The summed E-state index contributed by atoms with van der Waals surface area (Å²) in [7, 11) is 0. The molecule has 2 rings (SSSR count). The van der Waals surface area contributed by atoms with Gasteiger partial charge < -0.3 is 9.88 Å². The maximum Gasteiger partial charge on any atom is 0.0480 e. The van der Waals surface area contributed by atoms with Crippen LogP contribution in [0.3, 0.4) is 0 Å². The summed E-state index contributed by atoms with van der Waals surface area (Å²) >= 11 is 0. The number of aromatic nitrogens is 1. The molecule has 0 aliphatic rings. The van der Waals surface area contributed by atoms with E-state index in [1.54, 1.807) is 0 Å². The Balaban J connectivity index is 2.17. The minimum atomic E-state index is 0.526. The first-order valence-electron chi connectivity index (χ1n) is 6.63. The molecule has 0 saturated heterocycles. The number of allylic oxidation sites excluding steroid dienone is 1. The van der Waals surface area contributed by atoms with Gasteiger partial charge in [0.2, 0.25) is 0 Å². The molecule has 1 aromatic heterocycles. The zero-order valence-corrected chi connectivity index (χ0v) is 11.3. The Morgan fingerprint density at radius 3 is 2.89 bits per heavy atom. The number of aryl methyl sites for hydroxylation is 1. The van der Waals surface area contributed by atoms with Crippen LogP contribution in [0.1, 0.15) is 25.8 Å².